The molecule has 1 unspecified atom stereocenters. The number of aromatic hydroxyl groups is 3. The third-order valence-corrected chi connectivity index (χ3v) is 8.65. The molecule has 290 valence electrons. The van der Waals surface area contributed by atoms with Crippen molar-refractivity contribution >= 4 is 11.9 Å². The van der Waals surface area contributed by atoms with Crippen LogP contribution in [0.2, 0.25) is 0 Å². The summed E-state index contributed by atoms with van der Waals surface area (Å²) < 4.78 is 31.7. The second-order valence-corrected chi connectivity index (χ2v) is 12.3. The fourth-order valence-corrected chi connectivity index (χ4v) is 5.35. The van der Waals surface area contributed by atoms with Crippen molar-refractivity contribution in [1.29, 1.82) is 0 Å². The Hall–Kier alpha value is -5.67. The summed E-state index contributed by atoms with van der Waals surface area (Å²) in [7, 11) is 4.05. The van der Waals surface area contributed by atoms with E-state index in [0.29, 0.717) is 59.6 Å². The summed E-state index contributed by atoms with van der Waals surface area (Å²) in [6.07, 6.45) is 1.19. The molecule has 0 bridgehead atoms. The van der Waals surface area contributed by atoms with Crippen molar-refractivity contribution in [1.82, 2.24) is 15.0 Å². The number of carbonyl (C=O) groups excluding carboxylic acids is 2. The van der Waals surface area contributed by atoms with Crippen molar-refractivity contribution in [2.24, 2.45) is 0 Å². The maximum Gasteiger partial charge on any atom is 0.305 e. The van der Waals surface area contributed by atoms with Gasteiger partial charge in [0.2, 0.25) is 0 Å². The SMILES string of the molecule is COC(=O)CCCOc1ccc(-c2nc(-c3ccc(OCCCC(=O)OC)c(C)c3O)nc(-c3ccc(OCCCC(O)OC)c(C)c3O)n2)c(O)c1C. The minimum atomic E-state index is -0.896. The van der Waals surface area contributed by atoms with E-state index in [1.807, 2.05) is 0 Å². The molecule has 0 aliphatic heterocycles. The monoisotopic (exact) mass is 749 g/mol. The van der Waals surface area contributed by atoms with Gasteiger partial charge >= 0.3 is 11.9 Å². The van der Waals surface area contributed by atoms with Crippen LogP contribution in [0.1, 0.15) is 55.2 Å². The largest absolute Gasteiger partial charge is 0.507 e. The van der Waals surface area contributed by atoms with Gasteiger partial charge in [0.05, 0.1) is 50.7 Å². The molecule has 0 radical (unpaired) electrons. The number of carbonyl (C=O) groups is 2. The van der Waals surface area contributed by atoms with E-state index in [9.17, 15) is 30.0 Å². The molecule has 0 saturated heterocycles. The summed E-state index contributed by atoms with van der Waals surface area (Å²) in [6, 6.07) is 9.73. The number of esters is 2. The van der Waals surface area contributed by atoms with E-state index in [2.05, 4.69) is 24.4 Å². The summed E-state index contributed by atoms with van der Waals surface area (Å²) in [6.45, 7) is 5.71. The second-order valence-electron chi connectivity index (χ2n) is 12.3. The van der Waals surface area contributed by atoms with E-state index in [4.69, 9.17) is 18.9 Å². The third kappa shape index (κ3) is 10.3. The minimum Gasteiger partial charge on any atom is -0.507 e. The van der Waals surface area contributed by atoms with Gasteiger partial charge in [-0.15, -0.1) is 0 Å². The number of aliphatic hydroxyl groups excluding tert-OH is 1. The number of nitrogens with zero attached hydrogens (tertiary/aromatic N) is 3. The van der Waals surface area contributed by atoms with Crippen LogP contribution >= 0.6 is 0 Å². The van der Waals surface area contributed by atoms with Crippen molar-refractivity contribution in [2.45, 2.75) is 65.6 Å². The van der Waals surface area contributed by atoms with Crippen molar-refractivity contribution < 1.29 is 58.4 Å². The lowest BCUT2D eigenvalue weighted by atomic mass is 10.1. The van der Waals surface area contributed by atoms with Gasteiger partial charge in [-0.2, -0.15) is 0 Å². The van der Waals surface area contributed by atoms with Crippen LogP contribution in [0, 0.1) is 20.8 Å². The van der Waals surface area contributed by atoms with Crippen LogP contribution in [-0.2, 0) is 23.8 Å². The fraction of sp³-hybridized carbons (Fsp3) is 0.410. The minimum absolute atomic E-state index is 0.0436. The van der Waals surface area contributed by atoms with Crippen molar-refractivity contribution in [3.63, 3.8) is 0 Å². The topological polar surface area (TPSA) is 209 Å². The highest BCUT2D eigenvalue weighted by Crippen LogP contribution is 2.41. The number of hydrogen-bond acceptors (Lipinski definition) is 15. The third-order valence-electron chi connectivity index (χ3n) is 8.65. The first-order chi connectivity index (χ1) is 25.9. The van der Waals surface area contributed by atoms with E-state index in [1.54, 1.807) is 57.2 Å². The summed E-state index contributed by atoms with van der Waals surface area (Å²) in [5, 5.41) is 43.8. The molecule has 15 nitrogen and oxygen atoms in total. The van der Waals surface area contributed by atoms with Crippen molar-refractivity contribution in [2.75, 3.05) is 41.2 Å². The quantitative estimate of drug-likeness (QED) is 0.0515. The zero-order valence-corrected chi connectivity index (χ0v) is 31.3. The van der Waals surface area contributed by atoms with E-state index >= 15 is 0 Å². The Kier molecular flexibility index (Phi) is 14.8. The van der Waals surface area contributed by atoms with Gasteiger partial charge in [0.1, 0.15) is 34.5 Å². The number of ether oxygens (including phenoxy) is 6. The first-order valence-corrected chi connectivity index (χ1v) is 17.4. The van der Waals surface area contributed by atoms with Crippen LogP contribution in [0.25, 0.3) is 34.2 Å². The Bertz CT molecular complexity index is 1840. The maximum absolute atomic E-state index is 11.5. The van der Waals surface area contributed by atoms with E-state index in [1.165, 1.54) is 21.3 Å². The summed E-state index contributed by atoms with van der Waals surface area (Å²) >= 11 is 0. The molecule has 1 heterocycles. The lowest BCUT2D eigenvalue weighted by Crippen LogP contribution is -2.10. The van der Waals surface area contributed by atoms with E-state index < -0.39 is 6.29 Å². The fourth-order valence-electron chi connectivity index (χ4n) is 5.35. The molecule has 4 aromatic rings. The molecule has 4 N–H and O–H groups in total. The number of benzene rings is 3. The highest BCUT2D eigenvalue weighted by atomic mass is 16.6. The number of aromatic nitrogens is 3. The van der Waals surface area contributed by atoms with Gasteiger partial charge in [0.25, 0.3) is 0 Å². The average Bonchev–Trinajstić information content (AvgIpc) is 3.17. The van der Waals surface area contributed by atoms with E-state index in [0.717, 1.165) is 0 Å². The lowest BCUT2D eigenvalue weighted by molar-refractivity contribution is -0.141. The molecule has 0 aliphatic carbocycles. The summed E-state index contributed by atoms with van der Waals surface area (Å²) in [5.41, 5.74) is 1.93. The molecule has 0 amide bonds. The van der Waals surface area contributed by atoms with Crippen LogP contribution < -0.4 is 14.2 Å². The van der Waals surface area contributed by atoms with Gasteiger partial charge < -0.3 is 48.8 Å². The molecule has 15 heteroatoms. The van der Waals surface area contributed by atoms with Crippen molar-refractivity contribution in [3.8, 4) is 68.7 Å². The number of methoxy groups -OCH3 is 3. The van der Waals surface area contributed by atoms with Crippen LogP contribution in [0.3, 0.4) is 0 Å². The smallest absolute Gasteiger partial charge is 0.305 e. The highest BCUT2D eigenvalue weighted by molar-refractivity contribution is 5.77. The van der Waals surface area contributed by atoms with Crippen molar-refractivity contribution in [3.05, 3.63) is 53.1 Å². The van der Waals surface area contributed by atoms with E-state index in [-0.39, 0.29) is 96.0 Å². The molecular formula is C39H47N3O12. The second kappa shape index (κ2) is 19.4. The number of hydrogen-bond donors (Lipinski definition) is 4. The molecule has 0 saturated carbocycles. The maximum atomic E-state index is 11.5. The number of phenols is 3. The zero-order valence-electron chi connectivity index (χ0n) is 31.3. The van der Waals surface area contributed by atoms with Crippen LogP contribution in [0.15, 0.2) is 36.4 Å². The van der Waals surface area contributed by atoms with Gasteiger partial charge in [-0.3, -0.25) is 9.59 Å². The lowest BCUT2D eigenvalue weighted by Gasteiger charge is -2.16. The average molecular weight is 750 g/mol. The van der Waals surface area contributed by atoms with Gasteiger partial charge in [-0.1, -0.05) is 0 Å². The number of phenolic OH excluding ortho intramolecular Hbond substituents is 3. The molecule has 0 fully saturated rings. The Morgan fingerprint density at radius 3 is 1.22 bits per heavy atom. The van der Waals surface area contributed by atoms with Crippen LogP contribution in [-0.4, -0.2) is 94.8 Å². The highest BCUT2D eigenvalue weighted by Gasteiger charge is 2.23. The molecule has 0 aliphatic rings. The Balaban J connectivity index is 1.73. The Morgan fingerprint density at radius 2 is 0.907 bits per heavy atom. The van der Waals surface area contributed by atoms with Gasteiger partial charge in [-0.05, 0) is 76.4 Å². The first-order valence-electron chi connectivity index (χ1n) is 17.4. The molecule has 4 rings (SSSR count). The predicted octanol–water partition coefficient (Wildman–Crippen LogP) is 5.70. The molecule has 0 spiro atoms. The summed E-state index contributed by atoms with van der Waals surface area (Å²) in [5.74, 6) is 0.161. The van der Waals surface area contributed by atoms with Gasteiger partial charge in [0.15, 0.2) is 23.8 Å². The molecule has 3 aromatic carbocycles. The number of rotatable bonds is 19. The van der Waals surface area contributed by atoms with Gasteiger partial charge in [-0.25, -0.2) is 15.0 Å². The Labute approximate surface area is 313 Å². The predicted molar refractivity (Wildman–Crippen MR) is 197 cm³/mol. The molecular weight excluding hydrogens is 702 g/mol. The molecule has 54 heavy (non-hydrogen) atoms. The standard InChI is InChI=1S/C39H47N3O12/c1-22-28(52-19-7-10-31(43)49-4)16-13-25(34(22)46)37-40-38(26-14-17-29(23(2)35(26)47)53-20-8-11-32(44)50-5)42-39(41-37)27-15-18-30(24(3)36(27)48)54-21-9-12-33(45)51-6/h13-18,31,43,46-48H,7-12,19-21H2,1-6H3. The normalized spacial score (nSPS) is 11.5. The molecule has 1 aromatic heterocycles. The Morgan fingerprint density at radius 1 is 0.574 bits per heavy atom. The number of aliphatic hydroxyl groups is 1. The summed E-state index contributed by atoms with van der Waals surface area (Å²) in [4.78, 5) is 36.9. The molecule has 1 atom stereocenters. The van der Waals surface area contributed by atoms with Crippen LogP contribution in [0.5, 0.6) is 34.5 Å². The zero-order chi connectivity index (χ0) is 39.4. The van der Waals surface area contributed by atoms with Gasteiger partial charge in [0, 0.05) is 43.1 Å². The van der Waals surface area contributed by atoms with Crippen LogP contribution in [0.4, 0.5) is 0 Å². The first kappa shape index (κ1) is 41.1.